The Morgan fingerprint density at radius 1 is 1.50 bits per heavy atom. The molecule has 0 aromatic heterocycles. The summed E-state index contributed by atoms with van der Waals surface area (Å²) in [5.74, 6) is -0.451. The molecule has 0 aliphatic rings. The van der Waals surface area contributed by atoms with Crippen molar-refractivity contribution in [3.05, 3.63) is 35.1 Å². The number of esters is 1. The minimum absolute atomic E-state index is 0.156. The Morgan fingerprint density at radius 3 is 2.83 bits per heavy atom. The van der Waals surface area contributed by atoms with Crippen LogP contribution in [0.1, 0.15) is 30.9 Å². The van der Waals surface area contributed by atoms with E-state index in [1.54, 1.807) is 19.9 Å². The van der Waals surface area contributed by atoms with Crippen LogP contribution in [-0.4, -0.2) is 18.6 Å². The zero-order valence-corrected chi connectivity index (χ0v) is 10.9. The van der Waals surface area contributed by atoms with Crippen LogP contribution in [0.2, 0.25) is 0 Å². The Hall–Kier alpha value is -1.42. The molecule has 0 aliphatic heterocycles. The minimum atomic E-state index is -0.233. The summed E-state index contributed by atoms with van der Waals surface area (Å²) < 4.78 is 18.2. The second-order valence-electron chi connectivity index (χ2n) is 4.39. The van der Waals surface area contributed by atoms with Gasteiger partial charge in [0.15, 0.2) is 0 Å². The van der Waals surface area contributed by atoms with Crippen molar-refractivity contribution in [1.82, 2.24) is 0 Å². The summed E-state index contributed by atoms with van der Waals surface area (Å²) in [4.78, 5) is 11.2. The van der Waals surface area contributed by atoms with Crippen LogP contribution in [-0.2, 0) is 16.0 Å². The van der Waals surface area contributed by atoms with Crippen LogP contribution in [0.4, 0.5) is 4.39 Å². The number of hydrogen-bond donors (Lipinski definition) is 1. The van der Waals surface area contributed by atoms with Gasteiger partial charge < -0.3 is 10.5 Å². The van der Waals surface area contributed by atoms with E-state index in [0.717, 1.165) is 5.56 Å². The normalized spacial score (nSPS) is 12.2. The van der Waals surface area contributed by atoms with Gasteiger partial charge in [0.25, 0.3) is 0 Å². The first kappa shape index (κ1) is 14.6. The van der Waals surface area contributed by atoms with Gasteiger partial charge in [-0.25, -0.2) is 4.39 Å². The molecule has 0 radical (unpaired) electrons. The first-order valence-electron chi connectivity index (χ1n) is 6.19. The van der Waals surface area contributed by atoms with E-state index in [1.807, 2.05) is 6.07 Å². The summed E-state index contributed by atoms with van der Waals surface area (Å²) in [5, 5.41) is 0. The fraction of sp³-hybridized carbons (Fsp3) is 0.500. The highest BCUT2D eigenvalue weighted by Gasteiger charge is 2.09. The number of aryl methyl sites for hydroxylation is 1. The van der Waals surface area contributed by atoms with Gasteiger partial charge in [0, 0.05) is 12.5 Å². The predicted molar refractivity (Wildman–Crippen MR) is 68.7 cm³/mol. The summed E-state index contributed by atoms with van der Waals surface area (Å²) in [5.41, 5.74) is 7.39. The van der Waals surface area contributed by atoms with E-state index in [2.05, 4.69) is 0 Å². The average Bonchev–Trinajstić information content (AvgIpc) is 2.32. The van der Waals surface area contributed by atoms with E-state index in [-0.39, 0.29) is 17.8 Å². The van der Waals surface area contributed by atoms with E-state index in [1.165, 1.54) is 6.07 Å². The number of nitrogens with two attached hydrogens (primary N) is 1. The maximum absolute atomic E-state index is 13.3. The number of benzene rings is 1. The van der Waals surface area contributed by atoms with Crippen molar-refractivity contribution in [3.63, 3.8) is 0 Å². The lowest BCUT2D eigenvalue weighted by molar-refractivity contribution is -0.143. The topological polar surface area (TPSA) is 52.3 Å². The van der Waals surface area contributed by atoms with Crippen LogP contribution in [0, 0.1) is 12.7 Å². The molecule has 0 aliphatic carbocycles. The molecule has 1 unspecified atom stereocenters. The van der Waals surface area contributed by atoms with Gasteiger partial charge in [-0.1, -0.05) is 12.1 Å². The van der Waals surface area contributed by atoms with Gasteiger partial charge in [0.05, 0.1) is 6.61 Å². The molecule has 4 heteroatoms. The Balaban J connectivity index is 2.42. The Morgan fingerprint density at radius 2 is 2.22 bits per heavy atom. The average molecular weight is 253 g/mol. The number of halogens is 1. The third-order valence-corrected chi connectivity index (χ3v) is 2.76. The number of ether oxygens (including phenoxy) is 1. The van der Waals surface area contributed by atoms with Crippen LogP contribution >= 0.6 is 0 Å². The molecule has 0 saturated heterocycles. The largest absolute Gasteiger partial charge is 0.466 e. The maximum Gasteiger partial charge on any atom is 0.305 e. The minimum Gasteiger partial charge on any atom is -0.466 e. The number of rotatable bonds is 6. The van der Waals surface area contributed by atoms with Crippen LogP contribution in [0.5, 0.6) is 0 Å². The summed E-state index contributed by atoms with van der Waals surface area (Å²) in [6.45, 7) is 3.88. The molecule has 0 heterocycles. The van der Waals surface area contributed by atoms with Gasteiger partial charge in [0.1, 0.15) is 5.82 Å². The summed E-state index contributed by atoms with van der Waals surface area (Å²) in [7, 11) is 0. The number of hydrogen-bond acceptors (Lipinski definition) is 3. The lowest BCUT2D eigenvalue weighted by atomic mass is 10.0. The highest BCUT2D eigenvalue weighted by atomic mass is 19.1. The quantitative estimate of drug-likeness (QED) is 0.792. The first-order chi connectivity index (χ1) is 8.52. The van der Waals surface area contributed by atoms with Gasteiger partial charge >= 0.3 is 5.97 Å². The third-order valence-electron chi connectivity index (χ3n) is 2.76. The molecule has 100 valence electrons. The molecule has 0 saturated carbocycles. The van der Waals surface area contributed by atoms with Gasteiger partial charge in [-0.2, -0.15) is 0 Å². The number of carbonyl (C=O) groups excluding carboxylic acids is 1. The first-order valence-corrected chi connectivity index (χ1v) is 6.19. The summed E-state index contributed by atoms with van der Waals surface area (Å²) in [6.07, 6.45) is 1.42. The molecule has 1 aromatic rings. The molecule has 0 bridgehead atoms. The molecule has 1 atom stereocenters. The van der Waals surface area contributed by atoms with Gasteiger partial charge in [-0.05, 0) is 43.9 Å². The summed E-state index contributed by atoms with van der Waals surface area (Å²) >= 11 is 0. The van der Waals surface area contributed by atoms with Crippen molar-refractivity contribution in [2.24, 2.45) is 5.73 Å². The molecule has 1 rings (SSSR count). The molecular weight excluding hydrogens is 233 g/mol. The van der Waals surface area contributed by atoms with Crippen molar-refractivity contribution in [2.45, 2.75) is 39.2 Å². The van der Waals surface area contributed by atoms with Crippen LogP contribution < -0.4 is 5.73 Å². The van der Waals surface area contributed by atoms with E-state index >= 15 is 0 Å². The molecule has 0 amide bonds. The fourth-order valence-corrected chi connectivity index (χ4v) is 1.70. The van der Waals surface area contributed by atoms with Gasteiger partial charge in [0.2, 0.25) is 0 Å². The van der Waals surface area contributed by atoms with E-state index in [9.17, 15) is 9.18 Å². The lowest BCUT2D eigenvalue weighted by Crippen LogP contribution is -2.24. The highest BCUT2D eigenvalue weighted by molar-refractivity contribution is 5.69. The van der Waals surface area contributed by atoms with Crippen molar-refractivity contribution in [2.75, 3.05) is 6.61 Å². The zero-order valence-electron chi connectivity index (χ0n) is 10.9. The molecule has 0 fully saturated rings. The SMILES string of the molecule is CCOC(=O)CCC(N)Cc1ccc(C)c(F)c1. The van der Waals surface area contributed by atoms with E-state index in [0.29, 0.717) is 31.4 Å². The number of carbonyl (C=O) groups is 1. The summed E-state index contributed by atoms with van der Waals surface area (Å²) in [6, 6.07) is 4.95. The fourth-order valence-electron chi connectivity index (χ4n) is 1.70. The Labute approximate surface area is 107 Å². The van der Waals surface area contributed by atoms with E-state index < -0.39 is 0 Å². The molecule has 0 spiro atoms. The standard InChI is InChI=1S/C14H20FNO2/c1-3-18-14(17)7-6-12(16)8-11-5-4-10(2)13(15)9-11/h4-5,9,12H,3,6-8,16H2,1-2H3. The van der Waals surface area contributed by atoms with Gasteiger partial charge in [-0.15, -0.1) is 0 Å². The monoisotopic (exact) mass is 253 g/mol. The van der Waals surface area contributed by atoms with Crippen molar-refractivity contribution >= 4 is 5.97 Å². The molecule has 2 N–H and O–H groups in total. The zero-order chi connectivity index (χ0) is 13.5. The van der Waals surface area contributed by atoms with Crippen molar-refractivity contribution < 1.29 is 13.9 Å². The predicted octanol–water partition coefficient (Wildman–Crippen LogP) is 2.35. The van der Waals surface area contributed by atoms with Crippen LogP contribution in [0.15, 0.2) is 18.2 Å². The third kappa shape index (κ3) is 4.84. The van der Waals surface area contributed by atoms with Gasteiger partial charge in [-0.3, -0.25) is 4.79 Å². The van der Waals surface area contributed by atoms with Crippen molar-refractivity contribution in [1.29, 1.82) is 0 Å². The Bertz CT molecular complexity index is 407. The molecular formula is C14H20FNO2. The second-order valence-corrected chi connectivity index (χ2v) is 4.39. The molecule has 1 aromatic carbocycles. The van der Waals surface area contributed by atoms with Crippen LogP contribution in [0.25, 0.3) is 0 Å². The van der Waals surface area contributed by atoms with Crippen molar-refractivity contribution in [3.8, 4) is 0 Å². The molecule has 3 nitrogen and oxygen atoms in total. The lowest BCUT2D eigenvalue weighted by Gasteiger charge is -2.11. The highest BCUT2D eigenvalue weighted by Crippen LogP contribution is 2.12. The maximum atomic E-state index is 13.3. The molecule has 18 heavy (non-hydrogen) atoms. The van der Waals surface area contributed by atoms with Crippen LogP contribution in [0.3, 0.4) is 0 Å². The van der Waals surface area contributed by atoms with E-state index in [4.69, 9.17) is 10.5 Å². The second kappa shape index (κ2) is 7.11. The Kier molecular flexibility index (Phi) is 5.78. The smallest absolute Gasteiger partial charge is 0.305 e.